The smallest absolute Gasteiger partial charge is 0.408 e. The van der Waals surface area contributed by atoms with E-state index in [0.717, 1.165) is 6.42 Å². The summed E-state index contributed by atoms with van der Waals surface area (Å²) >= 11 is 0. The van der Waals surface area contributed by atoms with Crippen molar-refractivity contribution in [2.75, 3.05) is 6.61 Å². The number of hydrogen-bond acceptors (Lipinski definition) is 6. The Bertz CT molecular complexity index is 899. The second-order valence-electron chi connectivity index (χ2n) is 10.9. The van der Waals surface area contributed by atoms with Crippen molar-refractivity contribution >= 4 is 17.9 Å². The maximum Gasteiger partial charge on any atom is 0.408 e. The van der Waals surface area contributed by atoms with E-state index < -0.39 is 47.7 Å². The third-order valence-corrected chi connectivity index (χ3v) is 5.48. The van der Waals surface area contributed by atoms with E-state index in [-0.39, 0.29) is 17.4 Å². The minimum absolute atomic E-state index is 0.0747. The van der Waals surface area contributed by atoms with E-state index in [9.17, 15) is 24.6 Å². The standard InChI is InChI=1S/C25H39N3O6/c1-15-10-8-13-17(20(15)30)19(21(31)27-24(2,3)4)28(16-11-9-12-16)22(32)18(14-29)26-23(33)34-25(5,6)7/h8,10,13,16,18-19,29-30H,9,11-12,14H2,1-7H3,(H,26,33)(H,27,31). The first-order chi connectivity index (χ1) is 15.6. The van der Waals surface area contributed by atoms with Crippen molar-refractivity contribution in [2.24, 2.45) is 0 Å². The van der Waals surface area contributed by atoms with E-state index in [1.807, 2.05) is 20.8 Å². The number of nitrogens with zero attached hydrogens (tertiary/aromatic N) is 1. The molecule has 1 fully saturated rings. The van der Waals surface area contributed by atoms with Crippen molar-refractivity contribution < 1.29 is 29.3 Å². The lowest BCUT2D eigenvalue weighted by molar-refractivity contribution is -0.148. The number of para-hydroxylation sites is 1. The normalized spacial score (nSPS) is 16.1. The predicted molar refractivity (Wildman–Crippen MR) is 128 cm³/mol. The highest BCUT2D eigenvalue weighted by atomic mass is 16.6. The molecule has 1 saturated carbocycles. The van der Waals surface area contributed by atoms with Crippen LogP contribution in [0.25, 0.3) is 0 Å². The van der Waals surface area contributed by atoms with E-state index in [1.165, 1.54) is 4.90 Å². The summed E-state index contributed by atoms with van der Waals surface area (Å²) in [6.07, 6.45) is 1.37. The van der Waals surface area contributed by atoms with E-state index in [1.54, 1.807) is 45.9 Å². The molecule has 4 N–H and O–H groups in total. The van der Waals surface area contributed by atoms with Gasteiger partial charge in [-0.3, -0.25) is 9.59 Å². The van der Waals surface area contributed by atoms with Crippen molar-refractivity contribution in [1.82, 2.24) is 15.5 Å². The van der Waals surface area contributed by atoms with Crippen molar-refractivity contribution in [3.05, 3.63) is 29.3 Å². The summed E-state index contributed by atoms with van der Waals surface area (Å²) in [7, 11) is 0. The van der Waals surface area contributed by atoms with Crippen LogP contribution in [0.15, 0.2) is 18.2 Å². The van der Waals surface area contributed by atoms with Crippen LogP contribution in [0.5, 0.6) is 5.75 Å². The van der Waals surface area contributed by atoms with Gasteiger partial charge in [0.05, 0.1) is 6.61 Å². The zero-order valence-electron chi connectivity index (χ0n) is 21.3. The zero-order chi connectivity index (χ0) is 25.8. The number of aryl methyl sites for hydroxylation is 1. The van der Waals surface area contributed by atoms with Crippen molar-refractivity contribution in [3.63, 3.8) is 0 Å². The first kappa shape index (κ1) is 27.4. The molecule has 2 rings (SSSR count). The molecule has 3 amide bonds. The topological polar surface area (TPSA) is 128 Å². The Morgan fingerprint density at radius 2 is 1.76 bits per heavy atom. The van der Waals surface area contributed by atoms with E-state index >= 15 is 0 Å². The molecule has 0 radical (unpaired) electrons. The molecule has 9 nitrogen and oxygen atoms in total. The van der Waals surface area contributed by atoms with E-state index in [4.69, 9.17) is 4.74 Å². The van der Waals surface area contributed by atoms with E-state index in [0.29, 0.717) is 18.4 Å². The Balaban J connectivity index is 2.50. The van der Waals surface area contributed by atoms with Gasteiger partial charge >= 0.3 is 6.09 Å². The van der Waals surface area contributed by atoms with Gasteiger partial charge in [0.15, 0.2) is 0 Å². The lowest BCUT2D eigenvalue weighted by Gasteiger charge is -2.44. The molecule has 0 heterocycles. The minimum atomic E-state index is -1.31. The maximum atomic E-state index is 13.7. The quantitative estimate of drug-likeness (QED) is 0.478. The molecule has 190 valence electrons. The second-order valence-corrected chi connectivity index (χ2v) is 10.9. The molecule has 9 heteroatoms. The number of carbonyl (C=O) groups excluding carboxylic acids is 3. The molecule has 1 aromatic carbocycles. The van der Waals surface area contributed by atoms with Crippen LogP contribution in [0, 0.1) is 6.92 Å². The number of phenols is 1. The largest absolute Gasteiger partial charge is 0.507 e. The zero-order valence-corrected chi connectivity index (χ0v) is 21.3. The summed E-state index contributed by atoms with van der Waals surface area (Å²) in [5.41, 5.74) is -0.522. The maximum absolute atomic E-state index is 13.7. The van der Waals surface area contributed by atoms with Gasteiger partial charge in [0, 0.05) is 17.1 Å². The number of aliphatic hydroxyl groups excluding tert-OH is 1. The Kier molecular flexibility index (Phi) is 8.58. The number of amides is 3. The van der Waals surface area contributed by atoms with Crippen LogP contribution < -0.4 is 10.6 Å². The number of hydrogen-bond donors (Lipinski definition) is 4. The molecule has 34 heavy (non-hydrogen) atoms. The number of nitrogens with one attached hydrogen (secondary N) is 2. The third kappa shape index (κ3) is 7.09. The number of ether oxygens (including phenoxy) is 1. The molecular weight excluding hydrogens is 438 g/mol. The lowest BCUT2D eigenvalue weighted by atomic mass is 9.87. The van der Waals surface area contributed by atoms with Crippen molar-refractivity contribution in [2.45, 2.75) is 97.0 Å². The second kappa shape index (κ2) is 10.6. The summed E-state index contributed by atoms with van der Waals surface area (Å²) in [6.45, 7) is 11.6. The average Bonchev–Trinajstić information content (AvgIpc) is 2.64. The molecule has 0 saturated heterocycles. The van der Waals surface area contributed by atoms with Crippen LogP contribution in [-0.4, -0.2) is 62.9 Å². The summed E-state index contributed by atoms with van der Waals surface area (Å²) in [4.78, 5) is 41.0. The van der Waals surface area contributed by atoms with Crippen LogP contribution in [-0.2, 0) is 14.3 Å². The highest BCUT2D eigenvalue weighted by Gasteiger charge is 2.43. The number of aliphatic hydroxyl groups is 1. The molecule has 1 aliphatic carbocycles. The number of benzene rings is 1. The van der Waals surface area contributed by atoms with Gasteiger partial charge in [-0.1, -0.05) is 18.2 Å². The van der Waals surface area contributed by atoms with Gasteiger partial charge in [0.2, 0.25) is 11.8 Å². The van der Waals surface area contributed by atoms with Gasteiger partial charge in [-0.25, -0.2) is 4.79 Å². The first-order valence-corrected chi connectivity index (χ1v) is 11.7. The van der Waals surface area contributed by atoms with Crippen molar-refractivity contribution in [3.8, 4) is 5.75 Å². The number of rotatable bonds is 7. The molecule has 0 aromatic heterocycles. The molecule has 0 bridgehead atoms. The Labute approximate surface area is 201 Å². The van der Waals surface area contributed by atoms with Gasteiger partial charge in [-0.2, -0.15) is 0 Å². The Morgan fingerprint density at radius 3 is 2.24 bits per heavy atom. The lowest BCUT2D eigenvalue weighted by Crippen LogP contribution is -2.59. The minimum Gasteiger partial charge on any atom is -0.507 e. The number of alkyl carbamates (subject to hydrolysis) is 1. The monoisotopic (exact) mass is 477 g/mol. The fourth-order valence-electron chi connectivity index (χ4n) is 3.76. The fourth-order valence-corrected chi connectivity index (χ4v) is 3.76. The molecule has 2 atom stereocenters. The van der Waals surface area contributed by atoms with Crippen LogP contribution >= 0.6 is 0 Å². The molecule has 1 aliphatic rings. The first-order valence-electron chi connectivity index (χ1n) is 11.7. The summed E-state index contributed by atoms with van der Waals surface area (Å²) in [5, 5.41) is 26.1. The van der Waals surface area contributed by atoms with Gasteiger partial charge in [0.1, 0.15) is 23.4 Å². The predicted octanol–water partition coefficient (Wildman–Crippen LogP) is 2.92. The Hall–Kier alpha value is -2.81. The number of aromatic hydroxyl groups is 1. The molecule has 0 spiro atoms. The molecule has 1 aromatic rings. The van der Waals surface area contributed by atoms with Crippen molar-refractivity contribution in [1.29, 1.82) is 0 Å². The van der Waals surface area contributed by atoms with Crippen LogP contribution in [0.3, 0.4) is 0 Å². The Morgan fingerprint density at radius 1 is 1.15 bits per heavy atom. The molecular formula is C25H39N3O6. The highest BCUT2D eigenvalue weighted by Crippen LogP contribution is 2.38. The fraction of sp³-hybridized carbons (Fsp3) is 0.640. The highest BCUT2D eigenvalue weighted by molar-refractivity contribution is 5.93. The molecule has 2 unspecified atom stereocenters. The summed E-state index contributed by atoms with van der Waals surface area (Å²) in [5.74, 6) is -1.15. The number of carbonyl (C=O) groups is 3. The van der Waals surface area contributed by atoms with E-state index in [2.05, 4.69) is 10.6 Å². The van der Waals surface area contributed by atoms with Gasteiger partial charge in [-0.15, -0.1) is 0 Å². The van der Waals surface area contributed by atoms with Crippen LogP contribution in [0.2, 0.25) is 0 Å². The van der Waals surface area contributed by atoms with Gasteiger partial charge in [-0.05, 0) is 73.3 Å². The van der Waals surface area contributed by atoms with Crippen LogP contribution in [0.1, 0.15) is 78.0 Å². The molecule has 0 aliphatic heterocycles. The van der Waals surface area contributed by atoms with Crippen LogP contribution in [0.4, 0.5) is 4.79 Å². The SMILES string of the molecule is Cc1cccc(C(C(=O)NC(C)(C)C)N(C(=O)C(CO)NC(=O)OC(C)(C)C)C2CCC2)c1O. The van der Waals surface area contributed by atoms with Gasteiger partial charge in [0.25, 0.3) is 0 Å². The number of phenolic OH excluding ortho intramolecular Hbond substituents is 1. The third-order valence-electron chi connectivity index (χ3n) is 5.48. The summed E-state index contributed by atoms with van der Waals surface area (Å²) < 4.78 is 5.24. The summed E-state index contributed by atoms with van der Waals surface area (Å²) in [6, 6.07) is 2.31. The average molecular weight is 478 g/mol. The van der Waals surface area contributed by atoms with Gasteiger partial charge < -0.3 is 30.5 Å².